The van der Waals surface area contributed by atoms with Gasteiger partial charge in [-0.1, -0.05) is 12.1 Å². The summed E-state index contributed by atoms with van der Waals surface area (Å²) in [6.07, 6.45) is -0.189. The van der Waals surface area contributed by atoms with Gasteiger partial charge in [-0.25, -0.2) is 0 Å². The molecule has 3 rings (SSSR count). The number of piperazine rings is 1. The summed E-state index contributed by atoms with van der Waals surface area (Å²) < 4.78 is 0. The van der Waals surface area contributed by atoms with Crippen LogP contribution in [0.15, 0.2) is 42.5 Å². The summed E-state index contributed by atoms with van der Waals surface area (Å²) in [5.41, 5.74) is 4.98. The summed E-state index contributed by atoms with van der Waals surface area (Å²) in [4.78, 5) is 28.4. The number of aryl methyl sites for hydroxylation is 1. The standard InChI is InChI=1S/C22H24N4O2/c1-16-4-3-5-20(17(16)2)25-12-14-26(15-13-25)22(28)18-6-8-19(9-7-18)24-21(27)10-11-23/h3-9H,10,12-15H2,1-2H3,(H,24,27). The summed E-state index contributed by atoms with van der Waals surface area (Å²) >= 11 is 0. The molecule has 0 aromatic heterocycles. The minimum Gasteiger partial charge on any atom is -0.368 e. The van der Waals surface area contributed by atoms with E-state index in [2.05, 4.69) is 42.3 Å². The molecule has 1 fully saturated rings. The third-order valence-electron chi connectivity index (χ3n) is 5.14. The molecule has 1 aliphatic rings. The van der Waals surface area contributed by atoms with E-state index in [1.54, 1.807) is 30.3 Å². The van der Waals surface area contributed by atoms with Crippen molar-refractivity contribution in [2.75, 3.05) is 36.4 Å². The van der Waals surface area contributed by atoms with E-state index in [1.165, 1.54) is 16.8 Å². The number of nitrogens with zero attached hydrogens (tertiary/aromatic N) is 3. The molecule has 0 aliphatic carbocycles. The molecular formula is C22H24N4O2. The van der Waals surface area contributed by atoms with Gasteiger partial charge in [-0.3, -0.25) is 9.59 Å². The predicted molar refractivity (Wildman–Crippen MR) is 109 cm³/mol. The van der Waals surface area contributed by atoms with E-state index in [1.807, 2.05) is 4.90 Å². The Balaban J connectivity index is 1.60. The van der Waals surface area contributed by atoms with Crippen molar-refractivity contribution in [3.63, 3.8) is 0 Å². The first-order chi connectivity index (χ1) is 13.5. The van der Waals surface area contributed by atoms with Crippen molar-refractivity contribution in [3.8, 4) is 6.07 Å². The van der Waals surface area contributed by atoms with Crippen molar-refractivity contribution < 1.29 is 9.59 Å². The second-order valence-electron chi connectivity index (χ2n) is 6.96. The smallest absolute Gasteiger partial charge is 0.253 e. The number of hydrogen-bond acceptors (Lipinski definition) is 4. The van der Waals surface area contributed by atoms with Gasteiger partial charge in [-0.15, -0.1) is 0 Å². The lowest BCUT2D eigenvalue weighted by atomic mass is 10.1. The van der Waals surface area contributed by atoms with E-state index in [0.29, 0.717) is 24.3 Å². The maximum Gasteiger partial charge on any atom is 0.253 e. The van der Waals surface area contributed by atoms with Gasteiger partial charge in [-0.05, 0) is 55.3 Å². The zero-order valence-corrected chi connectivity index (χ0v) is 16.2. The molecule has 1 heterocycles. The molecule has 0 unspecified atom stereocenters. The number of anilines is 2. The summed E-state index contributed by atoms with van der Waals surface area (Å²) in [7, 11) is 0. The van der Waals surface area contributed by atoms with Crippen LogP contribution in [-0.2, 0) is 4.79 Å². The number of amides is 2. The first-order valence-corrected chi connectivity index (χ1v) is 9.37. The molecule has 0 bridgehead atoms. The molecule has 0 saturated carbocycles. The number of carbonyl (C=O) groups excluding carboxylic acids is 2. The molecule has 0 radical (unpaired) electrons. The van der Waals surface area contributed by atoms with Gasteiger partial charge in [0.1, 0.15) is 6.42 Å². The normalized spacial score (nSPS) is 13.8. The fourth-order valence-electron chi connectivity index (χ4n) is 3.38. The molecule has 28 heavy (non-hydrogen) atoms. The maximum atomic E-state index is 12.8. The molecule has 0 spiro atoms. The van der Waals surface area contributed by atoms with Gasteiger partial charge in [0, 0.05) is 43.1 Å². The average Bonchev–Trinajstić information content (AvgIpc) is 2.70. The van der Waals surface area contributed by atoms with E-state index >= 15 is 0 Å². The van der Waals surface area contributed by atoms with Crippen LogP contribution >= 0.6 is 0 Å². The summed E-state index contributed by atoms with van der Waals surface area (Å²) in [6.45, 7) is 7.21. The minimum atomic E-state index is -0.357. The first kappa shape index (κ1) is 19.4. The third-order valence-corrected chi connectivity index (χ3v) is 5.14. The van der Waals surface area contributed by atoms with Crippen LogP contribution in [0.5, 0.6) is 0 Å². The first-order valence-electron chi connectivity index (χ1n) is 9.37. The van der Waals surface area contributed by atoms with E-state index in [4.69, 9.17) is 5.26 Å². The lowest BCUT2D eigenvalue weighted by molar-refractivity contribution is -0.115. The monoisotopic (exact) mass is 376 g/mol. The Morgan fingerprint density at radius 2 is 1.71 bits per heavy atom. The zero-order valence-electron chi connectivity index (χ0n) is 16.2. The Hall–Kier alpha value is -3.33. The molecule has 1 saturated heterocycles. The van der Waals surface area contributed by atoms with E-state index in [9.17, 15) is 9.59 Å². The van der Waals surface area contributed by atoms with Gasteiger partial charge < -0.3 is 15.1 Å². The zero-order chi connectivity index (χ0) is 20.1. The number of hydrogen-bond donors (Lipinski definition) is 1. The molecule has 6 heteroatoms. The molecule has 144 valence electrons. The van der Waals surface area contributed by atoms with Crippen LogP contribution in [0, 0.1) is 25.2 Å². The predicted octanol–water partition coefficient (Wildman–Crippen LogP) is 3.12. The van der Waals surface area contributed by atoms with Crippen LogP contribution in [0.2, 0.25) is 0 Å². The Morgan fingerprint density at radius 3 is 2.36 bits per heavy atom. The van der Waals surface area contributed by atoms with Crippen LogP contribution in [0.4, 0.5) is 11.4 Å². The highest BCUT2D eigenvalue weighted by molar-refractivity contribution is 5.96. The highest BCUT2D eigenvalue weighted by atomic mass is 16.2. The lowest BCUT2D eigenvalue weighted by Crippen LogP contribution is -2.49. The Morgan fingerprint density at radius 1 is 1.04 bits per heavy atom. The number of nitrogens with one attached hydrogen (secondary N) is 1. The molecule has 0 atom stereocenters. The third kappa shape index (κ3) is 4.32. The highest BCUT2D eigenvalue weighted by Crippen LogP contribution is 2.24. The van der Waals surface area contributed by atoms with Crippen LogP contribution < -0.4 is 10.2 Å². The van der Waals surface area contributed by atoms with E-state index < -0.39 is 0 Å². The number of nitriles is 1. The van der Waals surface area contributed by atoms with Crippen molar-refractivity contribution in [1.29, 1.82) is 5.26 Å². The molecule has 1 aliphatic heterocycles. The SMILES string of the molecule is Cc1cccc(N2CCN(C(=O)c3ccc(NC(=O)CC#N)cc3)CC2)c1C. The van der Waals surface area contributed by atoms with Crippen molar-refractivity contribution in [2.45, 2.75) is 20.3 Å². The maximum absolute atomic E-state index is 12.8. The van der Waals surface area contributed by atoms with Crippen LogP contribution in [0.25, 0.3) is 0 Å². The molecule has 6 nitrogen and oxygen atoms in total. The highest BCUT2D eigenvalue weighted by Gasteiger charge is 2.23. The minimum absolute atomic E-state index is 0.00415. The molecule has 2 aromatic rings. The van der Waals surface area contributed by atoms with Gasteiger partial charge >= 0.3 is 0 Å². The second-order valence-corrected chi connectivity index (χ2v) is 6.96. The fraction of sp³-hybridized carbons (Fsp3) is 0.318. The van der Waals surface area contributed by atoms with Gasteiger partial charge in [0.25, 0.3) is 5.91 Å². The van der Waals surface area contributed by atoms with Crippen molar-refractivity contribution in [1.82, 2.24) is 4.90 Å². The van der Waals surface area contributed by atoms with Gasteiger partial charge in [0.05, 0.1) is 6.07 Å². The second kappa shape index (κ2) is 8.57. The summed E-state index contributed by atoms with van der Waals surface area (Å²) in [6, 6.07) is 14.9. The molecule has 1 N–H and O–H groups in total. The van der Waals surface area contributed by atoms with Crippen LogP contribution in [0.3, 0.4) is 0 Å². The van der Waals surface area contributed by atoms with E-state index in [0.717, 1.165) is 13.1 Å². The van der Waals surface area contributed by atoms with E-state index in [-0.39, 0.29) is 18.2 Å². The molecular weight excluding hydrogens is 352 g/mol. The summed E-state index contributed by atoms with van der Waals surface area (Å²) in [5, 5.41) is 11.2. The fourth-order valence-corrected chi connectivity index (χ4v) is 3.38. The molecule has 2 amide bonds. The lowest BCUT2D eigenvalue weighted by Gasteiger charge is -2.37. The number of carbonyl (C=O) groups is 2. The largest absolute Gasteiger partial charge is 0.368 e. The Labute approximate surface area is 165 Å². The van der Waals surface area contributed by atoms with Crippen LogP contribution in [-0.4, -0.2) is 42.9 Å². The van der Waals surface area contributed by atoms with Gasteiger partial charge in [0.15, 0.2) is 0 Å². The van der Waals surface area contributed by atoms with Crippen LogP contribution in [0.1, 0.15) is 27.9 Å². The van der Waals surface area contributed by atoms with Crippen molar-refractivity contribution >= 4 is 23.2 Å². The number of rotatable bonds is 4. The van der Waals surface area contributed by atoms with Crippen molar-refractivity contribution in [3.05, 3.63) is 59.2 Å². The number of benzene rings is 2. The average molecular weight is 376 g/mol. The van der Waals surface area contributed by atoms with Gasteiger partial charge in [0.2, 0.25) is 5.91 Å². The van der Waals surface area contributed by atoms with Crippen molar-refractivity contribution in [2.24, 2.45) is 0 Å². The Bertz CT molecular complexity index is 907. The Kier molecular flexibility index (Phi) is 5.95. The topological polar surface area (TPSA) is 76.4 Å². The van der Waals surface area contributed by atoms with Gasteiger partial charge in [-0.2, -0.15) is 5.26 Å². The summed E-state index contributed by atoms with van der Waals surface area (Å²) in [5.74, 6) is -0.361. The molecule has 2 aromatic carbocycles. The quantitative estimate of drug-likeness (QED) is 0.889.